The zero-order chi connectivity index (χ0) is 27.8. The van der Waals surface area contributed by atoms with Crippen LogP contribution in [0.3, 0.4) is 0 Å². The van der Waals surface area contributed by atoms with E-state index in [-0.39, 0.29) is 5.91 Å². The summed E-state index contributed by atoms with van der Waals surface area (Å²) in [5.74, 6) is -0.130. The topological polar surface area (TPSA) is 59.1 Å². The molecule has 0 spiro atoms. The van der Waals surface area contributed by atoms with Gasteiger partial charge in [0.05, 0.1) is 26.3 Å². The Morgan fingerprint density at radius 1 is 0.769 bits per heavy atom. The molecular weight excluding hydrogens is 488 g/mol. The lowest BCUT2D eigenvalue weighted by atomic mass is 10.0. The second-order valence-corrected chi connectivity index (χ2v) is 9.18. The Labute approximate surface area is 229 Å². The molecule has 0 unspecified atom stereocenters. The molecule has 6 heteroatoms. The summed E-state index contributed by atoms with van der Waals surface area (Å²) in [6.07, 6.45) is 3.02. The molecule has 0 heterocycles. The molecule has 0 aliphatic rings. The summed E-state index contributed by atoms with van der Waals surface area (Å²) in [5.41, 5.74) is 6.27. The van der Waals surface area contributed by atoms with Crippen LogP contribution in [0.25, 0.3) is 17.2 Å². The maximum Gasteiger partial charge on any atom is 0.330 e. The quantitative estimate of drug-likeness (QED) is 0.187. The van der Waals surface area contributed by atoms with Crippen molar-refractivity contribution in [3.8, 4) is 16.9 Å². The Kier molecular flexibility index (Phi) is 8.79. The van der Waals surface area contributed by atoms with E-state index in [0.717, 1.165) is 27.9 Å². The number of carbonyl (C=O) groups is 2. The van der Waals surface area contributed by atoms with Gasteiger partial charge in [-0.3, -0.25) is 4.79 Å². The fourth-order valence-corrected chi connectivity index (χ4v) is 4.21. The van der Waals surface area contributed by atoms with Gasteiger partial charge in [0, 0.05) is 31.5 Å². The van der Waals surface area contributed by atoms with Gasteiger partial charge >= 0.3 is 5.97 Å². The summed E-state index contributed by atoms with van der Waals surface area (Å²) >= 11 is 0. The van der Waals surface area contributed by atoms with Gasteiger partial charge in [-0.15, -0.1) is 0 Å². The summed E-state index contributed by atoms with van der Waals surface area (Å²) < 4.78 is 10.2. The predicted molar refractivity (Wildman–Crippen MR) is 157 cm³/mol. The highest BCUT2D eigenvalue weighted by molar-refractivity contribution is 6.08. The third-order valence-corrected chi connectivity index (χ3v) is 6.39. The molecule has 4 aromatic carbocycles. The molecular formula is C33H32N2O4. The zero-order valence-electron chi connectivity index (χ0n) is 22.6. The molecule has 0 saturated carbocycles. The van der Waals surface area contributed by atoms with E-state index >= 15 is 0 Å². The summed E-state index contributed by atoms with van der Waals surface area (Å²) in [6, 6.07) is 31.3. The van der Waals surface area contributed by atoms with E-state index in [1.165, 1.54) is 13.2 Å². The zero-order valence-corrected chi connectivity index (χ0v) is 22.6. The van der Waals surface area contributed by atoms with Crippen molar-refractivity contribution < 1.29 is 19.1 Å². The average molecular weight is 521 g/mol. The Hall–Kier alpha value is -4.84. The van der Waals surface area contributed by atoms with Crippen molar-refractivity contribution in [1.29, 1.82) is 0 Å². The van der Waals surface area contributed by atoms with E-state index in [1.807, 2.05) is 62.6 Å². The number of benzene rings is 4. The summed E-state index contributed by atoms with van der Waals surface area (Å²) in [6.45, 7) is 0.348. The van der Waals surface area contributed by atoms with Crippen molar-refractivity contribution in [3.63, 3.8) is 0 Å². The van der Waals surface area contributed by atoms with E-state index in [2.05, 4.69) is 41.3 Å². The van der Waals surface area contributed by atoms with Crippen molar-refractivity contribution in [2.45, 2.75) is 6.54 Å². The second kappa shape index (κ2) is 12.6. The molecule has 0 atom stereocenters. The van der Waals surface area contributed by atoms with E-state index in [0.29, 0.717) is 23.5 Å². The van der Waals surface area contributed by atoms with E-state index in [4.69, 9.17) is 9.47 Å². The molecule has 1 amide bonds. The van der Waals surface area contributed by atoms with Gasteiger partial charge in [0.1, 0.15) is 5.75 Å². The second-order valence-electron chi connectivity index (χ2n) is 9.18. The van der Waals surface area contributed by atoms with Crippen molar-refractivity contribution in [3.05, 3.63) is 120 Å². The largest absolute Gasteiger partial charge is 0.496 e. The minimum absolute atomic E-state index is 0.190. The SMILES string of the molecule is COC(=O)/C=C/c1cccc(N(Cc2ccc(-c3ccc(N(C)C)cc3)cc2)C(=O)c2ccccc2OC)c1. The number of para-hydroxylation sites is 1. The molecule has 0 bridgehead atoms. The molecule has 0 aliphatic heterocycles. The first-order valence-electron chi connectivity index (χ1n) is 12.6. The van der Waals surface area contributed by atoms with Crippen molar-refractivity contribution in [1.82, 2.24) is 0 Å². The molecule has 0 aromatic heterocycles. The maximum absolute atomic E-state index is 13.9. The van der Waals surface area contributed by atoms with Crippen LogP contribution in [0.5, 0.6) is 5.75 Å². The van der Waals surface area contributed by atoms with Gasteiger partial charge in [-0.25, -0.2) is 4.79 Å². The van der Waals surface area contributed by atoms with Crippen LogP contribution in [0.2, 0.25) is 0 Å². The highest BCUT2D eigenvalue weighted by Gasteiger charge is 2.21. The van der Waals surface area contributed by atoms with Gasteiger partial charge in [-0.2, -0.15) is 0 Å². The first-order chi connectivity index (χ1) is 18.9. The van der Waals surface area contributed by atoms with Crippen molar-refractivity contribution >= 4 is 29.3 Å². The Morgan fingerprint density at radius 3 is 2.08 bits per heavy atom. The molecule has 4 aromatic rings. The first-order valence-corrected chi connectivity index (χ1v) is 12.6. The minimum atomic E-state index is -0.446. The average Bonchev–Trinajstić information content (AvgIpc) is 2.98. The van der Waals surface area contributed by atoms with Crippen LogP contribution in [-0.4, -0.2) is 40.2 Å². The molecule has 0 aliphatic carbocycles. The molecule has 0 fully saturated rings. The summed E-state index contributed by atoms with van der Waals surface area (Å²) in [4.78, 5) is 29.3. The van der Waals surface area contributed by atoms with Gasteiger partial charge < -0.3 is 19.3 Å². The first kappa shape index (κ1) is 27.2. The van der Waals surface area contributed by atoms with Gasteiger partial charge in [-0.05, 0) is 64.7 Å². The lowest BCUT2D eigenvalue weighted by Gasteiger charge is -2.24. The molecule has 0 N–H and O–H groups in total. The fourth-order valence-electron chi connectivity index (χ4n) is 4.21. The number of nitrogens with zero attached hydrogens (tertiary/aromatic N) is 2. The normalized spacial score (nSPS) is 10.8. The summed E-state index contributed by atoms with van der Waals surface area (Å²) in [5, 5.41) is 0. The van der Waals surface area contributed by atoms with Crippen molar-refractivity contribution in [2.24, 2.45) is 0 Å². The highest BCUT2D eigenvalue weighted by atomic mass is 16.5. The Balaban J connectivity index is 1.66. The molecule has 0 radical (unpaired) electrons. The Bertz CT molecular complexity index is 1460. The predicted octanol–water partition coefficient (Wildman–Crippen LogP) is 6.46. The molecule has 198 valence electrons. The molecule has 0 saturated heterocycles. The number of esters is 1. The van der Waals surface area contributed by atoms with E-state index in [9.17, 15) is 9.59 Å². The number of ether oxygens (including phenoxy) is 2. The van der Waals surface area contributed by atoms with Gasteiger partial charge in [0.25, 0.3) is 5.91 Å². The van der Waals surface area contributed by atoms with Crippen LogP contribution < -0.4 is 14.5 Å². The van der Waals surface area contributed by atoms with Gasteiger partial charge in [0.2, 0.25) is 0 Å². The van der Waals surface area contributed by atoms with Crippen LogP contribution in [0.4, 0.5) is 11.4 Å². The van der Waals surface area contributed by atoms with Gasteiger partial charge in [0.15, 0.2) is 0 Å². The molecule has 39 heavy (non-hydrogen) atoms. The third-order valence-electron chi connectivity index (χ3n) is 6.39. The maximum atomic E-state index is 13.9. The Morgan fingerprint density at radius 2 is 1.44 bits per heavy atom. The van der Waals surface area contributed by atoms with Crippen LogP contribution in [0.15, 0.2) is 103 Å². The van der Waals surface area contributed by atoms with Crippen LogP contribution in [0, 0.1) is 0 Å². The minimum Gasteiger partial charge on any atom is -0.496 e. The van der Waals surface area contributed by atoms with Crippen LogP contribution >= 0.6 is 0 Å². The number of carbonyl (C=O) groups excluding carboxylic acids is 2. The summed E-state index contributed by atoms with van der Waals surface area (Å²) in [7, 11) is 6.93. The van der Waals surface area contributed by atoms with Crippen molar-refractivity contribution in [2.75, 3.05) is 38.1 Å². The number of hydrogen-bond acceptors (Lipinski definition) is 5. The number of anilines is 2. The molecule has 6 nitrogen and oxygen atoms in total. The number of rotatable bonds is 9. The van der Waals surface area contributed by atoms with E-state index < -0.39 is 5.97 Å². The molecule has 4 rings (SSSR count). The monoisotopic (exact) mass is 520 g/mol. The van der Waals surface area contributed by atoms with Crippen LogP contribution in [-0.2, 0) is 16.1 Å². The highest BCUT2D eigenvalue weighted by Crippen LogP contribution is 2.28. The number of amides is 1. The smallest absolute Gasteiger partial charge is 0.330 e. The number of hydrogen-bond donors (Lipinski definition) is 0. The fraction of sp³-hybridized carbons (Fsp3) is 0.152. The standard InChI is InChI=1S/C33H32N2O4/c1-34(2)28-19-17-27(18-20-28)26-15-12-25(13-16-26)23-35(33(37)30-10-5-6-11-31(30)38-3)29-9-7-8-24(22-29)14-21-32(36)39-4/h5-22H,23H2,1-4H3/b21-14+. The van der Waals surface area contributed by atoms with E-state index in [1.54, 1.807) is 30.2 Å². The lowest BCUT2D eigenvalue weighted by molar-refractivity contribution is -0.134. The third kappa shape index (κ3) is 6.73. The lowest BCUT2D eigenvalue weighted by Crippen LogP contribution is -2.30. The van der Waals surface area contributed by atoms with Gasteiger partial charge in [-0.1, -0.05) is 60.7 Å². The van der Waals surface area contributed by atoms with Crippen LogP contribution in [0.1, 0.15) is 21.5 Å². The number of methoxy groups -OCH3 is 2.